The van der Waals surface area contributed by atoms with E-state index in [1.54, 1.807) is 7.11 Å². The van der Waals surface area contributed by atoms with Crippen molar-refractivity contribution in [2.75, 3.05) is 20.2 Å². The molecule has 0 radical (unpaired) electrons. The van der Waals surface area contributed by atoms with E-state index in [4.69, 9.17) is 29.1 Å². The van der Waals surface area contributed by atoms with Crippen molar-refractivity contribution < 1.29 is 29.1 Å². The molecular weight excluding hydrogens is 268 g/mol. The Morgan fingerprint density at radius 2 is 2.15 bits per heavy atom. The Labute approximate surface area is 115 Å². The summed E-state index contributed by atoms with van der Waals surface area (Å²) in [6.45, 7) is 2.40. The number of carboxylic acid groups (broad SMARTS) is 2. The number of hydrogen-bond acceptors (Lipinski definition) is 6. The van der Waals surface area contributed by atoms with E-state index in [1.807, 2.05) is 6.07 Å². The van der Waals surface area contributed by atoms with E-state index in [0.717, 1.165) is 31.0 Å². The molecule has 0 aliphatic carbocycles. The molecule has 2 rings (SSSR count). The molecule has 1 aliphatic heterocycles. The zero-order valence-electron chi connectivity index (χ0n) is 11.0. The largest absolute Gasteiger partial charge is 0.473 e. The van der Waals surface area contributed by atoms with E-state index >= 15 is 0 Å². The maximum absolute atomic E-state index is 9.10. The highest BCUT2D eigenvalue weighted by Crippen LogP contribution is 2.16. The number of carbonyl (C=O) groups is 2. The van der Waals surface area contributed by atoms with Crippen LogP contribution in [0.25, 0.3) is 5.57 Å². The SMILES string of the molecule is COCc1cc(C2=CCCNC2)no1.O=C(O)C(=O)O. The molecule has 0 atom stereocenters. The Kier molecular flexibility index (Phi) is 6.41. The highest BCUT2D eigenvalue weighted by molar-refractivity contribution is 6.27. The second-order valence-electron chi connectivity index (χ2n) is 3.92. The van der Waals surface area contributed by atoms with Crippen LogP contribution in [0.3, 0.4) is 0 Å². The van der Waals surface area contributed by atoms with Crippen LogP contribution in [-0.4, -0.2) is 47.5 Å². The summed E-state index contributed by atoms with van der Waals surface area (Å²) in [4.78, 5) is 18.2. The number of hydrogen-bond donors (Lipinski definition) is 3. The van der Waals surface area contributed by atoms with E-state index in [9.17, 15) is 0 Å². The average molecular weight is 284 g/mol. The third-order valence-electron chi connectivity index (χ3n) is 2.38. The monoisotopic (exact) mass is 284 g/mol. The molecule has 1 aliphatic rings. The molecule has 0 aromatic carbocycles. The maximum atomic E-state index is 9.10. The van der Waals surface area contributed by atoms with Gasteiger partial charge in [0.1, 0.15) is 12.3 Å². The molecule has 0 spiro atoms. The van der Waals surface area contributed by atoms with Gasteiger partial charge in [-0.3, -0.25) is 0 Å². The molecule has 8 nitrogen and oxygen atoms in total. The minimum Gasteiger partial charge on any atom is -0.473 e. The minimum absolute atomic E-state index is 0.480. The average Bonchev–Trinajstić information content (AvgIpc) is 2.89. The second kappa shape index (κ2) is 8.08. The lowest BCUT2D eigenvalue weighted by Gasteiger charge is -2.10. The molecule has 8 heteroatoms. The Hall–Kier alpha value is -2.19. The fourth-order valence-electron chi connectivity index (χ4n) is 1.51. The molecule has 0 bridgehead atoms. The molecule has 3 N–H and O–H groups in total. The van der Waals surface area contributed by atoms with Gasteiger partial charge in [0.15, 0.2) is 5.76 Å². The lowest BCUT2D eigenvalue weighted by molar-refractivity contribution is -0.159. The van der Waals surface area contributed by atoms with Crippen LogP contribution in [0.15, 0.2) is 16.7 Å². The topological polar surface area (TPSA) is 122 Å². The van der Waals surface area contributed by atoms with Gasteiger partial charge in [-0.15, -0.1) is 0 Å². The number of methoxy groups -OCH3 is 1. The van der Waals surface area contributed by atoms with Crippen molar-refractivity contribution in [1.29, 1.82) is 0 Å². The van der Waals surface area contributed by atoms with E-state index in [-0.39, 0.29) is 0 Å². The van der Waals surface area contributed by atoms with E-state index < -0.39 is 11.9 Å². The summed E-state index contributed by atoms with van der Waals surface area (Å²) in [6.07, 6.45) is 3.26. The van der Waals surface area contributed by atoms with E-state index in [0.29, 0.717) is 6.61 Å². The molecule has 2 heterocycles. The van der Waals surface area contributed by atoms with Gasteiger partial charge >= 0.3 is 11.9 Å². The Balaban J connectivity index is 0.000000286. The van der Waals surface area contributed by atoms with Gasteiger partial charge in [-0.25, -0.2) is 9.59 Å². The van der Waals surface area contributed by atoms with Crippen molar-refractivity contribution in [2.24, 2.45) is 0 Å². The van der Waals surface area contributed by atoms with Crippen LogP contribution in [0.1, 0.15) is 17.9 Å². The zero-order valence-corrected chi connectivity index (χ0v) is 11.0. The first kappa shape index (κ1) is 15.9. The predicted molar refractivity (Wildman–Crippen MR) is 68.0 cm³/mol. The lowest BCUT2D eigenvalue weighted by Crippen LogP contribution is -2.21. The molecule has 0 unspecified atom stereocenters. The summed E-state index contributed by atoms with van der Waals surface area (Å²) in [5.41, 5.74) is 2.13. The first-order valence-electron chi connectivity index (χ1n) is 5.85. The van der Waals surface area contributed by atoms with Crippen LogP contribution in [0, 0.1) is 0 Å². The summed E-state index contributed by atoms with van der Waals surface area (Å²) in [5, 5.41) is 22.1. The number of nitrogens with one attached hydrogen (secondary N) is 1. The number of ether oxygens (including phenoxy) is 1. The Morgan fingerprint density at radius 3 is 2.65 bits per heavy atom. The Morgan fingerprint density at radius 1 is 1.45 bits per heavy atom. The highest BCUT2D eigenvalue weighted by atomic mass is 16.5. The van der Waals surface area contributed by atoms with Gasteiger partial charge in [-0.05, 0) is 18.5 Å². The number of aromatic nitrogens is 1. The fraction of sp³-hybridized carbons (Fsp3) is 0.417. The van der Waals surface area contributed by atoms with Crippen LogP contribution < -0.4 is 5.32 Å². The van der Waals surface area contributed by atoms with Crippen LogP contribution in [0.5, 0.6) is 0 Å². The molecule has 0 amide bonds. The summed E-state index contributed by atoms with van der Waals surface area (Å²) in [7, 11) is 1.64. The third-order valence-corrected chi connectivity index (χ3v) is 2.38. The second-order valence-corrected chi connectivity index (χ2v) is 3.92. The number of aliphatic carboxylic acids is 2. The normalized spacial score (nSPS) is 13.9. The van der Waals surface area contributed by atoms with Crippen molar-refractivity contribution in [3.8, 4) is 0 Å². The zero-order chi connectivity index (χ0) is 15.0. The fourth-order valence-corrected chi connectivity index (χ4v) is 1.51. The maximum Gasteiger partial charge on any atom is 0.414 e. The molecule has 110 valence electrons. The number of carboxylic acids is 2. The van der Waals surface area contributed by atoms with Crippen LogP contribution >= 0.6 is 0 Å². The standard InChI is InChI=1S/C10H14N2O2.C2H2O4/c1-13-7-9-5-10(12-14-9)8-3-2-4-11-6-8;3-1(4)2(5)6/h3,5,11H,2,4,6-7H2,1H3;(H,3,4)(H,5,6). The van der Waals surface area contributed by atoms with Crippen molar-refractivity contribution in [2.45, 2.75) is 13.0 Å². The lowest BCUT2D eigenvalue weighted by atomic mass is 10.1. The minimum atomic E-state index is -1.82. The molecule has 1 aromatic heterocycles. The van der Waals surface area contributed by atoms with Gasteiger partial charge in [-0.1, -0.05) is 11.2 Å². The van der Waals surface area contributed by atoms with Crippen molar-refractivity contribution >= 4 is 17.5 Å². The first-order chi connectivity index (χ1) is 9.54. The molecular formula is C12H16N2O6. The van der Waals surface area contributed by atoms with Crippen LogP contribution in [0.2, 0.25) is 0 Å². The third kappa shape index (κ3) is 5.21. The van der Waals surface area contributed by atoms with Gasteiger partial charge in [0.25, 0.3) is 0 Å². The van der Waals surface area contributed by atoms with Gasteiger partial charge in [0.05, 0.1) is 0 Å². The van der Waals surface area contributed by atoms with Crippen molar-refractivity contribution in [3.63, 3.8) is 0 Å². The van der Waals surface area contributed by atoms with Gasteiger partial charge < -0.3 is 24.8 Å². The quantitative estimate of drug-likeness (QED) is 0.680. The molecule has 0 saturated carbocycles. The van der Waals surface area contributed by atoms with E-state index in [1.165, 1.54) is 5.57 Å². The van der Waals surface area contributed by atoms with Crippen molar-refractivity contribution in [1.82, 2.24) is 10.5 Å². The molecule has 0 fully saturated rings. The summed E-state index contributed by atoms with van der Waals surface area (Å²) in [6, 6.07) is 1.93. The Bertz CT molecular complexity index is 482. The number of nitrogens with zero attached hydrogens (tertiary/aromatic N) is 1. The molecule has 0 saturated heterocycles. The van der Waals surface area contributed by atoms with Crippen molar-refractivity contribution in [3.05, 3.63) is 23.6 Å². The summed E-state index contributed by atoms with van der Waals surface area (Å²) >= 11 is 0. The van der Waals surface area contributed by atoms with Gasteiger partial charge in [-0.2, -0.15) is 0 Å². The van der Waals surface area contributed by atoms with Gasteiger partial charge in [0.2, 0.25) is 0 Å². The number of rotatable bonds is 3. The first-order valence-corrected chi connectivity index (χ1v) is 5.85. The summed E-state index contributed by atoms with van der Waals surface area (Å²) in [5.74, 6) is -2.88. The predicted octanol–water partition coefficient (Wildman–Crippen LogP) is 0.353. The summed E-state index contributed by atoms with van der Waals surface area (Å²) < 4.78 is 10.1. The smallest absolute Gasteiger partial charge is 0.414 e. The molecule has 1 aromatic rings. The van der Waals surface area contributed by atoms with Gasteiger partial charge in [0, 0.05) is 19.7 Å². The van der Waals surface area contributed by atoms with Crippen LogP contribution in [0.4, 0.5) is 0 Å². The highest BCUT2D eigenvalue weighted by Gasteiger charge is 2.10. The van der Waals surface area contributed by atoms with Crippen LogP contribution in [-0.2, 0) is 20.9 Å². The molecule has 20 heavy (non-hydrogen) atoms. The van der Waals surface area contributed by atoms with E-state index in [2.05, 4.69) is 16.5 Å².